The summed E-state index contributed by atoms with van der Waals surface area (Å²) < 4.78 is 83.3. The molecular formula is C27H30F6N2S. The van der Waals surface area contributed by atoms with E-state index in [1.807, 2.05) is 20.8 Å². The monoisotopic (exact) mass is 528 g/mol. The van der Waals surface area contributed by atoms with Gasteiger partial charge in [0.1, 0.15) is 5.82 Å². The number of hydrogen-bond acceptors (Lipinski definition) is 2. The van der Waals surface area contributed by atoms with Gasteiger partial charge in [0.15, 0.2) is 0 Å². The lowest BCUT2D eigenvalue weighted by molar-refractivity contribution is -0.137. The fraction of sp³-hybridized carbons (Fsp3) is 0.370. The smallest absolute Gasteiger partial charge is 0.327 e. The number of rotatable bonds is 7. The molecule has 9 heteroatoms. The first-order chi connectivity index (χ1) is 16.7. The van der Waals surface area contributed by atoms with E-state index in [0.29, 0.717) is 39.4 Å². The molecule has 0 fully saturated rings. The topological polar surface area (TPSA) is 17.8 Å². The molecule has 0 spiro atoms. The first-order valence-electron chi connectivity index (χ1n) is 11.4. The Balaban J connectivity index is 3.01. The van der Waals surface area contributed by atoms with Crippen LogP contribution in [0.3, 0.4) is 0 Å². The highest BCUT2D eigenvalue weighted by Gasteiger charge is 2.34. The summed E-state index contributed by atoms with van der Waals surface area (Å²) in [5.41, 5.74) is 0.0681. The minimum atomic E-state index is -4.57. The fourth-order valence-electron chi connectivity index (χ4n) is 3.97. The molecule has 196 valence electrons. The number of hydrogen-bond donors (Lipinski definition) is 0. The summed E-state index contributed by atoms with van der Waals surface area (Å²) in [6, 6.07) is 3.94. The molecule has 0 saturated heterocycles. The van der Waals surface area contributed by atoms with E-state index in [1.165, 1.54) is 30.8 Å². The summed E-state index contributed by atoms with van der Waals surface area (Å²) in [6.07, 6.45) is -5.35. The van der Waals surface area contributed by atoms with E-state index in [-0.39, 0.29) is 10.9 Å². The van der Waals surface area contributed by atoms with Gasteiger partial charge in [-0.05, 0) is 61.8 Å². The molecule has 0 aliphatic carbocycles. The lowest BCUT2D eigenvalue weighted by Gasteiger charge is -2.18. The van der Waals surface area contributed by atoms with Gasteiger partial charge in [0.2, 0.25) is 0 Å². The van der Waals surface area contributed by atoms with Crippen LogP contribution in [-0.4, -0.2) is 21.5 Å². The minimum absolute atomic E-state index is 0.0499. The van der Waals surface area contributed by atoms with E-state index in [2.05, 4.69) is 11.6 Å². The van der Waals surface area contributed by atoms with Crippen LogP contribution in [0.2, 0.25) is 0 Å². The molecule has 1 aromatic carbocycles. The maximum atomic E-state index is 13.7. The zero-order valence-corrected chi connectivity index (χ0v) is 22.0. The highest BCUT2D eigenvalue weighted by atomic mass is 32.2. The summed E-state index contributed by atoms with van der Waals surface area (Å²) in [5.74, 6) is 0.942. The normalized spacial score (nSPS) is 15.2. The van der Waals surface area contributed by atoms with Gasteiger partial charge >= 0.3 is 12.4 Å². The van der Waals surface area contributed by atoms with E-state index < -0.39 is 23.5 Å². The van der Waals surface area contributed by atoms with Crippen molar-refractivity contribution in [2.45, 2.75) is 53.4 Å². The van der Waals surface area contributed by atoms with Gasteiger partial charge in [0, 0.05) is 17.5 Å². The van der Waals surface area contributed by atoms with E-state index in [4.69, 9.17) is 0 Å². The third-order valence-electron chi connectivity index (χ3n) is 5.81. The summed E-state index contributed by atoms with van der Waals surface area (Å²) in [4.78, 5) is 5.12. The molecular weight excluding hydrogens is 498 g/mol. The quantitative estimate of drug-likeness (QED) is 0.345. The first-order valence-corrected chi connectivity index (χ1v) is 12.4. The number of alkyl halides is 6. The summed E-state index contributed by atoms with van der Waals surface area (Å²) in [7, 11) is 1.70. The molecule has 2 rings (SSSR count). The lowest BCUT2D eigenvalue weighted by atomic mass is 9.98. The van der Waals surface area contributed by atoms with Crippen LogP contribution in [0.1, 0.15) is 63.6 Å². The average molecular weight is 529 g/mol. The van der Waals surface area contributed by atoms with E-state index in [0.717, 1.165) is 23.8 Å². The Bertz CT molecular complexity index is 1310. The number of halogens is 6. The third kappa shape index (κ3) is 6.17. The molecule has 0 saturated carbocycles. The molecule has 1 heterocycles. The molecule has 0 atom stereocenters. The zero-order chi connectivity index (χ0) is 27.4. The van der Waals surface area contributed by atoms with Crippen LogP contribution < -0.4 is 10.7 Å². The second-order valence-electron chi connectivity index (χ2n) is 8.10. The molecule has 2 aromatic rings. The Hall–Kier alpha value is -2.68. The van der Waals surface area contributed by atoms with Gasteiger partial charge in [-0.25, -0.2) is 4.98 Å². The Labute approximate surface area is 211 Å². The average Bonchev–Trinajstić information content (AvgIpc) is 3.13. The van der Waals surface area contributed by atoms with Crippen molar-refractivity contribution >= 4 is 40.0 Å². The predicted molar refractivity (Wildman–Crippen MR) is 138 cm³/mol. The van der Waals surface area contributed by atoms with Crippen molar-refractivity contribution in [1.29, 1.82) is 0 Å². The van der Waals surface area contributed by atoms with Crippen molar-refractivity contribution < 1.29 is 26.3 Å². The number of nitrogens with zero attached hydrogens (tertiary/aromatic N) is 2. The second kappa shape index (κ2) is 11.6. The van der Waals surface area contributed by atoms with Crippen molar-refractivity contribution in [1.82, 2.24) is 9.55 Å². The van der Waals surface area contributed by atoms with Gasteiger partial charge in [-0.15, -0.1) is 11.8 Å². The Kier molecular flexibility index (Phi) is 9.51. The molecule has 2 nitrogen and oxygen atoms in total. The number of aromatic nitrogens is 2. The van der Waals surface area contributed by atoms with Crippen LogP contribution in [0.15, 0.2) is 36.4 Å². The fourth-order valence-corrected chi connectivity index (χ4v) is 4.90. The van der Waals surface area contributed by atoms with Crippen LogP contribution in [0.5, 0.6) is 0 Å². The number of thioether (sulfide) groups is 1. The van der Waals surface area contributed by atoms with Gasteiger partial charge in [0.05, 0.1) is 21.8 Å². The predicted octanol–water partition coefficient (Wildman–Crippen LogP) is 7.59. The lowest BCUT2D eigenvalue weighted by Crippen LogP contribution is -2.32. The van der Waals surface area contributed by atoms with Crippen LogP contribution in [0, 0.1) is 0 Å². The highest BCUT2D eigenvalue weighted by Crippen LogP contribution is 2.41. The maximum absolute atomic E-state index is 13.7. The Morgan fingerprint density at radius 3 is 2.22 bits per heavy atom. The van der Waals surface area contributed by atoms with Gasteiger partial charge < -0.3 is 4.57 Å². The van der Waals surface area contributed by atoms with E-state index in [9.17, 15) is 26.3 Å². The highest BCUT2D eigenvalue weighted by molar-refractivity contribution is 8.08. The van der Waals surface area contributed by atoms with E-state index >= 15 is 0 Å². The molecule has 0 bridgehead atoms. The van der Waals surface area contributed by atoms with Gasteiger partial charge in [-0.1, -0.05) is 44.7 Å². The van der Waals surface area contributed by atoms with Gasteiger partial charge in [-0.3, -0.25) is 0 Å². The number of allylic oxidation sites excluding steroid dienone is 3. The summed E-state index contributed by atoms with van der Waals surface area (Å²) >= 11 is 1.34. The molecule has 0 aliphatic heterocycles. The van der Waals surface area contributed by atoms with Gasteiger partial charge in [-0.2, -0.15) is 26.3 Å². The number of benzene rings is 1. The molecule has 0 N–H and O–H groups in total. The van der Waals surface area contributed by atoms with Crippen LogP contribution in [-0.2, 0) is 13.2 Å². The van der Waals surface area contributed by atoms with Crippen LogP contribution in [0.4, 0.5) is 26.3 Å². The molecule has 0 aliphatic rings. The second-order valence-corrected chi connectivity index (χ2v) is 9.38. The minimum Gasteiger partial charge on any atom is -0.327 e. The number of imidazole rings is 1. The van der Waals surface area contributed by atoms with Crippen molar-refractivity contribution in [3.05, 3.63) is 69.6 Å². The van der Waals surface area contributed by atoms with E-state index in [1.54, 1.807) is 24.6 Å². The first kappa shape index (κ1) is 29.5. The molecule has 0 amide bonds. The van der Waals surface area contributed by atoms with Crippen molar-refractivity contribution in [3.63, 3.8) is 0 Å². The van der Waals surface area contributed by atoms with Crippen LogP contribution >= 0.6 is 11.8 Å². The van der Waals surface area contributed by atoms with Crippen molar-refractivity contribution in [3.8, 4) is 0 Å². The molecule has 36 heavy (non-hydrogen) atoms. The van der Waals surface area contributed by atoms with Crippen molar-refractivity contribution in [2.24, 2.45) is 7.05 Å². The summed E-state index contributed by atoms with van der Waals surface area (Å²) in [5, 5.41) is 0.703. The maximum Gasteiger partial charge on any atom is 0.417 e. The van der Waals surface area contributed by atoms with Crippen LogP contribution in [0.25, 0.3) is 28.2 Å². The standard InChI is InChI=1S/C27H30F6N2S/c1-8-16(5)23-22(15-18(9-2)26(28,29)30)34-25(35(23)7)17(6)24(36-11-4)20-13-12-14-21(19(20)10-3)27(31,32)33/h9-10,12-15H,3,8,11H2,1-2,4-7H3/b18-9+,22-15+,23-16?,24-17-. The molecule has 0 radical (unpaired) electrons. The largest absolute Gasteiger partial charge is 0.417 e. The van der Waals surface area contributed by atoms with Crippen molar-refractivity contribution in [2.75, 3.05) is 5.75 Å². The molecule has 0 unspecified atom stereocenters. The Morgan fingerprint density at radius 2 is 1.75 bits per heavy atom. The summed E-state index contributed by atoms with van der Waals surface area (Å²) in [6.45, 7) is 12.2. The Morgan fingerprint density at radius 1 is 1.11 bits per heavy atom. The van der Waals surface area contributed by atoms with Gasteiger partial charge in [0.25, 0.3) is 0 Å². The molecule has 1 aromatic heterocycles. The zero-order valence-electron chi connectivity index (χ0n) is 21.2. The SMILES string of the molecule is C=Cc1c(/C(SCC)=C(\C)c2n/c(=C/C(=C\C)C(F)(F)F)c(=C(C)CC)n2C)cccc1C(F)(F)F. The third-order valence-corrected chi connectivity index (χ3v) is 6.92.